The van der Waals surface area contributed by atoms with Gasteiger partial charge in [-0.3, -0.25) is 0 Å². The molecule has 0 aromatic carbocycles. The van der Waals surface area contributed by atoms with Crippen LogP contribution >= 0.6 is 0 Å². The number of hydrogen-bond acceptors (Lipinski definition) is 2. The molecule has 1 radical (unpaired) electrons. The van der Waals surface area contributed by atoms with E-state index in [0.29, 0.717) is 0 Å². The summed E-state index contributed by atoms with van der Waals surface area (Å²) in [5, 5.41) is 0. The van der Waals surface area contributed by atoms with Gasteiger partial charge in [0, 0.05) is 0 Å². The molecule has 2 nitrogen and oxygen atoms in total. The van der Waals surface area contributed by atoms with Gasteiger partial charge in [-0.15, -0.1) is 6.07 Å². The molecule has 0 unspecified atom stereocenters. The molecular weight excluding hydrogens is 163 g/mol. The molecule has 1 aromatic rings. The van der Waals surface area contributed by atoms with Gasteiger partial charge in [0.25, 0.3) is 0 Å². The topological polar surface area (TPSA) is 25.8 Å². The van der Waals surface area contributed by atoms with Gasteiger partial charge in [-0.1, -0.05) is 12.4 Å². The van der Waals surface area contributed by atoms with E-state index in [0.717, 1.165) is 0 Å². The van der Waals surface area contributed by atoms with E-state index >= 15 is 0 Å². The summed E-state index contributed by atoms with van der Waals surface area (Å²) >= 11 is 0. The Labute approximate surface area is 74.0 Å². The van der Waals surface area contributed by atoms with Crippen LogP contribution in [0.4, 0.5) is 0 Å². The third-order valence-electron chi connectivity index (χ3n) is 0.434. The van der Waals surface area contributed by atoms with Crippen LogP contribution in [0.3, 0.4) is 0 Å². The average Bonchev–Trinajstić information content (AvgIpc) is 1.93. The van der Waals surface area contributed by atoms with Gasteiger partial charge in [0.2, 0.25) is 0 Å². The number of aromatic nitrogens is 2. The van der Waals surface area contributed by atoms with Crippen molar-refractivity contribution in [2.45, 2.75) is 13.8 Å². The Morgan fingerprint density at radius 1 is 1.40 bits per heavy atom. The molecule has 1 heterocycles. The molecule has 0 fully saturated rings. The molecular formula is C7H10N2V. The zero-order chi connectivity index (χ0) is 6.95. The van der Waals surface area contributed by atoms with E-state index in [-0.39, 0.29) is 18.6 Å². The first-order valence-corrected chi connectivity index (χ1v) is 2.77. The van der Waals surface area contributed by atoms with E-state index < -0.39 is 0 Å². The van der Waals surface area contributed by atoms with Crippen LogP contribution in [0.5, 0.6) is 0 Å². The van der Waals surface area contributed by atoms with Crippen LogP contribution in [0.2, 0.25) is 0 Å². The fourth-order valence-electron chi connectivity index (χ4n) is 0.225. The van der Waals surface area contributed by atoms with Gasteiger partial charge in [0.15, 0.2) is 0 Å². The van der Waals surface area contributed by atoms with Crippen molar-refractivity contribution in [1.82, 2.24) is 9.97 Å². The van der Waals surface area contributed by atoms with Crippen LogP contribution in [-0.2, 0) is 18.6 Å². The van der Waals surface area contributed by atoms with Gasteiger partial charge < -0.3 is 16.4 Å². The molecule has 1 aromatic heterocycles. The van der Waals surface area contributed by atoms with E-state index in [4.69, 9.17) is 0 Å². The molecule has 0 N–H and O–H groups in total. The van der Waals surface area contributed by atoms with Crippen LogP contribution in [0.15, 0.2) is 18.6 Å². The maximum Gasteiger partial charge on any atom is 2.00 e. The molecule has 10 heavy (non-hydrogen) atoms. The van der Waals surface area contributed by atoms with Crippen molar-refractivity contribution in [3.8, 4) is 0 Å². The molecule has 0 saturated carbocycles. The summed E-state index contributed by atoms with van der Waals surface area (Å²) in [6.45, 7) is 4.00. The molecule has 0 spiro atoms. The molecule has 0 aliphatic rings. The quantitative estimate of drug-likeness (QED) is 0.555. The van der Waals surface area contributed by atoms with E-state index in [1.165, 1.54) is 6.33 Å². The van der Waals surface area contributed by atoms with Crippen LogP contribution in [0, 0.1) is 12.6 Å². The summed E-state index contributed by atoms with van der Waals surface area (Å²) in [5.41, 5.74) is 0. The second-order valence-electron chi connectivity index (χ2n) is 1.42. The largest absolute Gasteiger partial charge is 2.00 e. The minimum atomic E-state index is 0. The zero-order valence-electron chi connectivity index (χ0n) is 6.15. The summed E-state index contributed by atoms with van der Waals surface area (Å²) < 4.78 is 0. The monoisotopic (exact) mass is 173 g/mol. The minimum Gasteiger partial charge on any atom is -0.376 e. The first-order valence-electron chi connectivity index (χ1n) is 2.77. The van der Waals surface area contributed by atoms with E-state index in [2.05, 4.69) is 16.2 Å². The Hall–Kier alpha value is -0.336. The first-order chi connectivity index (χ1) is 4.41. The van der Waals surface area contributed by atoms with Crippen molar-refractivity contribution in [2.75, 3.05) is 0 Å². The number of rotatable bonds is 0. The van der Waals surface area contributed by atoms with Crippen LogP contribution < -0.4 is 0 Å². The van der Waals surface area contributed by atoms with E-state index in [1.807, 2.05) is 20.3 Å². The number of nitrogens with zero attached hydrogens (tertiary/aromatic N) is 2. The van der Waals surface area contributed by atoms with Crippen LogP contribution in [0.1, 0.15) is 13.8 Å². The Morgan fingerprint density at radius 2 is 2.00 bits per heavy atom. The smallest absolute Gasteiger partial charge is 0.376 e. The summed E-state index contributed by atoms with van der Waals surface area (Å²) in [7, 11) is 0. The predicted octanol–water partition coefficient (Wildman–Crippen LogP) is 1.50. The summed E-state index contributed by atoms with van der Waals surface area (Å²) in [6, 6.07) is 1.65. The average molecular weight is 173 g/mol. The van der Waals surface area contributed by atoms with Crippen molar-refractivity contribution in [2.24, 2.45) is 0 Å². The van der Waals surface area contributed by atoms with Gasteiger partial charge >= 0.3 is 18.6 Å². The third-order valence-corrected chi connectivity index (χ3v) is 0.434. The number of hydrogen-bond donors (Lipinski definition) is 0. The summed E-state index contributed by atoms with van der Waals surface area (Å²) in [6.07, 6.45) is 7.66. The second-order valence-corrected chi connectivity index (χ2v) is 1.42. The van der Waals surface area contributed by atoms with E-state index in [9.17, 15) is 0 Å². The Bertz CT molecular complexity index is 94.5. The molecule has 0 aliphatic carbocycles. The molecule has 1 rings (SSSR count). The van der Waals surface area contributed by atoms with Crippen molar-refractivity contribution >= 4 is 0 Å². The Morgan fingerprint density at radius 3 is 2.10 bits per heavy atom. The van der Waals surface area contributed by atoms with Gasteiger partial charge in [-0.05, 0) is 6.33 Å². The maximum absolute atomic E-state index is 3.64. The third kappa shape index (κ3) is 10.6. The normalized spacial score (nSPS) is 6.60. The fraction of sp³-hybridized carbons (Fsp3) is 0.286. The maximum atomic E-state index is 3.64. The van der Waals surface area contributed by atoms with Crippen LogP contribution in [-0.4, -0.2) is 9.97 Å². The fourth-order valence-corrected chi connectivity index (χ4v) is 0.225. The molecule has 3 heteroatoms. The van der Waals surface area contributed by atoms with Gasteiger partial charge in [-0.25, -0.2) is 0 Å². The van der Waals surface area contributed by atoms with Gasteiger partial charge in [0.05, 0.1) is 0 Å². The molecule has 0 atom stereocenters. The molecule has 0 amide bonds. The van der Waals surface area contributed by atoms with Gasteiger partial charge in [-0.2, -0.15) is 13.8 Å². The molecule has 0 aliphatic heterocycles. The minimum absolute atomic E-state index is 0. The molecule has 0 saturated heterocycles. The first kappa shape index (κ1) is 12.4. The van der Waals surface area contributed by atoms with Crippen LogP contribution in [0.25, 0.3) is 0 Å². The predicted molar refractivity (Wildman–Crippen MR) is 36.5 cm³/mol. The van der Waals surface area contributed by atoms with Crippen molar-refractivity contribution in [3.63, 3.8) is 0 Å². The van der Waals surface area contributed by atoms with Crippen molar-refractivity contribution < 1.29 is 18.6 Å². The van der Waals surface area contributed by atoms with Gasteiger partial charge in [0.1, 0.15) is 0 Å². The van der Waals surface area contributed by atoms with Crippen molar-refractivity contribution in [3.05, 3.63) is 31.2 Å². The zero-order valence-corrected chi connectivity index (χ0v) is 7.55. The van der Waals surface area contributed by atoms with Crippen molar-refractivity contribution in [1.29, 1.82) is 0 Å². The Kier molecular flexibility index (Phi) is 14.2. The SMILES string of the molecule is C[CH-]C.[V+2].[c-]1ccncn1. The van der Waals surface area contributed by atoms with E-state index in [1.54, 1.807) is 12.3 Å². The standard InChI is InChI=1S/C4H3N2.C3H7.V/c1-2-5-4-6-3-1;1-3-2;/h1-2,4H;3H,1-2H3;/q2*-1;+2. The summed E-state index contributed by atoms with van der Waals surface area (Å²) in [5.74, 6) is 0. The summed E-state index contributed by atoms with van der Waals surface area (Å²) in [4.78, 5) is 7.19. The Balaban J connectivity index is 0. The molecule has 53 valence electrons. The molecule has 0 bridgehead atoms. The second kappa shape index (κ2) is 11.5.